The van der Waals surface area contributed by atoms with Crippen molar-refractivity contribution >= 4 is 17.6 Å². The largest absolute Gasteiger partial charge is 0.380 e. The number of carbonyl (C=O) groups excluding carboxylic acids is 3. The number of ether oxygens (including phenoxy) is 3. The summed E-state index contributed by atoms with van der Waals surface area (Å²) >= 11 is 0. The molecule has 0 saturated carbocycles. The quantitative estimate of drug-likeness (QED) is 0.364. The molecule has 3 fully saturated rings. The van der Waals surface area contributed by atoms with Crippen LogP contribution in [0.4, 0.5) is 0 Å². The van der Waals surface area contributed by atoms with Gasteiger partial charge < -0.3 is 24.4 Å². The SMILES string of the molecule is CNC(=O)[C@@](C)(C(=O)COC1CCCCO1)N(C)C(=O)c1ccc(C#Cc2ccc(CN3CC4(COC4)C3)cc2)cc1. The van der Waals surface area contributed by atoms with Crippen LogP contribution < -0.4 is 5.32 Å². The second-order valence-corrected chi connectivity index (χ2v) is 11.7. The first-order valence-corrected chi connectivity index (χ1v) is 14.5. The van der Waals surface area contributed by atoms with E-state index in [1.807, 2.05) is 12.1 Å². The monoisotopic (exact) mass is 573 g/mol. The summed E-state index contributed by atoms with van der Waals surface area (Å²) in [7, 11) is 2.89. The van der Waals surface area contributed by atoms with Crippen molar-refractivity contribution in [1.29, 1.82) is 0 Å². The lowest BCUT2D eigenvalue weighted by molar-refractivity contribution is -0.191. The first-order chi connectivity index (χ1) is 20.2. The molecule has 2 amide bonds. The molecule has 0 radical (unpaired) electrons. The molecule has 222 valence electrons. The van der Waals surface area contributed by atoms with Crippen molar-refractivity contribution in [3.8, 4) is 11.8 Å². The lowest BCUT2D eigenvalue weighted by atomic mass is 9.78. The van der Waals surface area contributed by atoms with E-state index in [2.05, 4.69) is 34.2 Å². The average molecular weight is 574 g/mol. The van der Waals surface area contributed by atoms with E-state index in [-0.39, 0.29) is 6.61 Å². The van der Waals surface area contributed by atoms with E-state index < -0.39 is 29.4 Å². The third kappa shape index (κ3) is 6.42. The molecule has 1 N–H and O–H groups in total. The maximum atomic E-state index is 13.4. The number of nitrogens with one attached hydrogen (secondary N) is 1. The molecule has 9 heteroatoms. The first kappa shape index (κ1) is 29.9. The number of amides is 2. The van der Waals surface area contributed by atoms with Crippen LogP contribution in [0.25, 0.3) is 0 Å². The van der Waals surface area contributed by atoms with E-state index in [0.717, 1.165) is 56.8 Å². The molecule has 0 aliphatic carbocycles. The summed E-state index contributed by atoms with van der Waals surface area (Å²) in [5.74, 6) is 4.74. The summed E-state index contributed by atoms with van der Waals surface area (Å²) in [4.78, 5) is 43.1. The number of likely N-dealkylation sites (N-methyl/N-ethyl adjacent to an activating group) is 2. The van der Waals surface area contributed by atoms with Crippen LogP contribution in [0, 0.1) is 17.3 Å². The van der Waals surface area contributed by atoms with Crippen LogP contribution >= 0.6 is 0 Å². The molecule has 42 heavy (non-hydrogen) atoms. The van der Waals surface area contributed by atoms with Gasteiger partial charge in [0.1, 0.15) is 6.61 Å². The predicted molar refractivity (Wildman–Crippen MR) is 157 cm³/mol. The Bertz CT molecular complexity index is 1340. The molecule has 2 atom stereocenters. The van der Waals surface area contributed by atoms with Gasteiger partial charge in [0.15, 0.2) is 17.6 Å². The van der Waals surface area contributed by atoms with Gasteiger partial charge in [-0.05, 0) is 68.1 Å². The lowest BCUT2D eigenvalue weighted by Crippen LogP contribution is -2.65. The van der Waals surface area contributed by atoms with Crippen molar-refractivity contribution < 1.29 is 28.6 Å². The topological polar surface area (TPSA) is 97.4 Å². The molecule has 3 aliphatic heterocycles. The van der Waals surface area contributed by atoms with Gasteiger partial charge in [-0.15, -0.1) is 0 Å². The van der Waals surface area contributed by atoms with Crippen molar-refractivity contribution in [3.63, 3.8) is 0 Å². The molecule has 3 saturated heterocycles. The zero-order valence-electron chi connectivity index (χ0n) is 24.6. The van der Waals surface area contributed by atoms with Gasteiger partial charge >= 0.3 is 0 Å². The smallest absolute Gasteiger partial charge is 0.254 e. The fraction of sp³-hybridized carbons (Fsp3) is 0.485. The van der Waals surface area contributed by atoms with E-state index in [9.17, 15) is 14.4 Å². The Morgan fingerprint density at radius 1 is 1.05 bits per heavy atom. The number of nitrogens with zero attached hydrogens (tertiary/aromatic N) is 2. The van der Waals surface area contributed by atoms with Gasteiger partial charge in [0, 0.05) is 62.4 Å². The van der Waals surface area contributed by atoms with Crippen molar-refractivity contribution in [2.75, 3.05) is 53.6 Å². The minimum absolute atomic E-state index is 0.337. The van der Waals surface area contributed by atoms with Crippen LogP contribution in [0.2, 0.25) is 0 Å². The van der Waals surface area contributed by atoms with Crippen LogP contribution in [0.15, 0.2) is 48.5 Å². The highest BCUT2D eigenvalue weighted by Crippen LogP contribution is 2.38. The fourth-order valence-electron chi connectivity index (χ4n) is 5.64. The Morgan fingerprint density at radius 2 is 1.69 bits per heavy atom. The highest BCUT2D eigenvalue weighted by Gasteiger charge is 2.49. The molecule has 1 unspecified atom stereocenters. The molecule has 5 rings (SSSR count). The average Bonchev–Trinajstić information content (AvgIpc) is 2.99. The second kappa shape index (κ2) is 12.8. The van der Waals surface area contributed by atoms with Crippen LogP contribution in [-0.4, -0.2) is 92.8 Å². The maximum Gasteiger partial charge on any atom is 0.254 e. The minimum Gasteiger partial charge on any atom is -0.380 e. The number of hydrogen-bond acceptors (Lipinski definition) is 7. The second-order valence-electron chi connectivity index (χ2n) is 11.7. The Kier molecular flexibility index (Phi) is 9.09. The summed E-state index contributed by atoms with van der Waals surface area (Å²) in [5.41, 5.74) is 1.92. The molecule has 3 aliphatic rings. The van der Waals surface area contributed by atoms with Crippen molar-refractivity contribution in [1.82, 2.24) is 15.1 Å². The van der Waals surface area contributed by atoms with Gasteiger partial charge in [-0.25, -0.2) is 0 Å². The molecular weight excluding hydrogens is 534 g/mol. The summed E-state index contributed by atoms with van der Waals surface area (Å²) in [6.45, 7) is 6.61. The van der Waals surface area contributed by atoms with Gasteiger partial charge in [0.25, 0.3) is 11.8 Å². The molecule has 1 spiro atoms. The van der Waals surface area contributed by atoms with Crippen molar-refractivity contribution in [2.45, 2.75) is 44.6 Å². The number of ketones is 1. The molecular formula is C33H39N3O6. The van der Waals surface area contributed by atoms with Crippen LogP contribution in [0.5, 0.6) is 0 Å². The van der Waals surface area contributed by atoms with Crippen LogP contribution in [-0.2, 0) is 30.3 Å². The zero-order chi connectivity index (χ0) is 29.7. The van der Waals surface area contributed by atoms with Crippen molar-refractivity contribution in [2.24, 2.45) is 5.41 Å². The number of Topliss-reactive ketones (excluding diaryl/α,β-unsaturated/α-hetero) is 1. The minimum atomic E-state index is -1.76. The highest BCUT2D eigenvalue weighted by molar-refractivity contribution is 6.14. The summed E-state index contributed by atoms with van der Waals surface area (Å²) in [6.07, 6.45) is 2.11. The summed E-state index contributed by atoms with van der Waals surface area (Å²) in [5, 5.41) is 2.51. The van der Waals surface area contributed by atoms with Crippen molar-refractivity contribution in [3.05, 3.63) is 70.8 Å². The number of benzene rings is 2. The maximum absolute atomic E-state index is 13.4. The van der Waals surface area contributed by atoms with Gasteiger partial charge in [-0.2, -0.15) is 0 Å². The highest BCUT2D eigenvalue weighted by atomic mass is 16.7. The van der Waals surface area contributed by atoms with E-state index in [1.165, 1.54) is 31.5 Å². The molecule has 0 aromatic heterocycles. The van der Waals surface area contributed by atoms with E-state index in [1.54, 1.807) is 24.3 Å². The van der Waals surface area contributed by atoms with Gasteiger partial charge in [0.05, 0.1) is 13.2 Å². The Labute approximate surface area is 247 Å². The zero-order valence-corrected chi connectivity index (χ0v) is 24.6. The molecule has 2 aromatic carbocycles. The molecule has 0 bridgehead atoms. The van der Waals surface area contributed by atoms with Gasteiger partial charge in [-0.1, -0.05) is 24.0 Å². The van der Waals surface area contributed by atoms with Gasteiger partial charge in [-0.3, -0.25) is 19.3 Å². The van der Waals surface area contributed by atoms with E-state index in [4.69, 9.17) is 14.2 Å². The molecule has 2 aromatic rings. The normalized spacial score (nSPS) is 20.7. The number of likely N-dealkylation sites (tertiary alicyclic amines) is 1. The van der Waals surface area contributed by atoms with Crippen LogP contribution in [0.1, 0.15) is 53.2 Å². The van der Waals surface area contributed by atoms with E-state index >= 15 is 0 Å². The number of hydrogen-bond donors (Lipinski definition) is 1. The lowest BCUT2D eigenvalue weighted by Gasteiger charge is -2.55. The fourth-order valence-corrected chi connectivity index (χ4v) is 5.64. The number of carbonyl (C=O) groups is 3. The van der Waals surface area contributed by atoms with Gasteiger partial charge in [0.2, 0.25) is 0 Å². The van der Waals surface area contributed by atoms with Crippen LogP contribution in [0.3, 0.4) is 0 Å². The number of rotatable bonds is 9. The Morgan fingerprint density at radius 3 is 2.24 bits per heavy atom. The third-order valence-electron chi connectivity index (χ3n) is 8.50. The molecule has 3 heterocycles. The summed E-state index contributed by atoms with van der Waals surface area (Å²) in [6, 6.07) is 15.1. The predicted octanol–water partition coefficient (Wildman–Crippen LogP) is 2.61. The molecule has 9 nitrogen and oxygen atoms in total. The Balaban J connectivity index is 1.18. The standard InChI is InChI=1S/C33H39N3O6/c1-32(31(39)34-2,28(37)19-42-29-6-4-5-17-41-29)35(3)30(38)27-15-13-25(14-16-27)8-7-24-9-11-26(12-10-24)18-36-20-33(21-36)22-40-23-33/h9-16,29H,4-6,17-23H2,1-3H3,(H,34,39)/t29?,32-/m1/s1. The third-order valence-corrected chi connectivity index (χ3v) is 8.50. The summed E-state index contributed by atoms with van der Waals surface area (Å²) < 4.78 is 16.5. The van der Waals surface area contributed by atoms with E-state index in [0.29, 0.717) is 24.0 Å². The Hall–Kier alpha value is -3.55. The first-order valence-electron chi connectivity index (χ1n) is 14.5.